The Bertz CT molecular complexity index is 1010. The summed E-state index contributed by atoms with van der Waals surface area (Å²) < 4.78 is 34.2. The van der Waals surface area contributed by atoms with E-state index in [2.05, 4.69) is 4.72 Å². The lowest BCUT2D eigenvalue weighted by Gasteiger charge is -2.37. The Morgan fingerprint density at radius 1 is 1.35 bits per heavy atom. The lowest BCUT2D eigenvalue weighted by atomic mass is 9.99. The predicted octanol–water partition coefficient (Wildman–Crippen LogP) is 2.33. The van der Waals surface area contributed by atoms with Crippen molar-refractivity contribution in [2.45, 2.75) is 30.2 Å². The summed E-state index contributed by atoms with van der Waals surface area (Å²) in [6, 6.07) is 7.53. The summed E-state index contributed by atoms with van der Waals surface area (Å²) in [5.41, 5.74) is 0.542. The van der Waals surface area contributed by atoms with Gasteiger partial charge in [-0.05, 0) is 50.7 Å². The third kappa shape index (κ3) is 5.38. The van der Waals surface area contributed by atoms with Gasteiger partial charge in [0.25, 0.3) is 15.9 Å². The topological polar surface area (TPSA) is 99.2 Å². The number of likely N-dealkylation sites (N-methyl/N-ethyl adjacent to an activating group) is 1. The molecule has 0 bridgehead atoms. The van der Waals surface area contributed by atoms with Gasteiger partial charge in [0.15, 0.2) is 0 Å². The largest absolute Gasteiger partial charge is 0.488 e. The van der Waals surface area contributed by atoms with Crippen molar-refractivity contribution in [2.75, 3.05) is 38.5 Å². The summed E-state index contributed by atoms with van der Waals surface area (Å²) >= 11 is 1.12. The molecule has 10 heteroatoms. The number of carbonyl (C=O) groups is 1. The zero-order valence-corrected chi connectivity index (χ0v) is 19.7. The van der Waals surface area contributed by atoms with E-state index in [4.69, 9.17) is 4.74 Å². The Morgan fingerprint density at radius 2 is 2.10 bits per heavy atom. The zero-order chi connectivity index (χ0) is 22.8. The van der Waals surface area contributed by atoms with Crippen molar-refractivity contribution in [1.29, 1.82) is 0 Å². The van der Waals surface area contributed by atoms with Gasteiger partial charge >= 0.3 is 0 Å². The number of fused-ring (bicyclic) bond motifs is 1. The van der Waals surface area contributed by atoms with Crippen LogP contribution in [0.2, 0.25) is 0 Å². The van der Waals surface area contributed by atoms with Crippen LogP contribution in [0.25, 0.3) is 0 Å². The normalized spacial score (nSPS) is 20.6. The van der Waals surface area contributed by atoms with E-state index < -0.39 is 10.0 Å². The molecule has 170 valence electrons. The molecule has 2 heterocycles. The smallest absolute Gasteiger partial charge is 0.271 e. The minimum Gasteiger partial charge on any atom is -0.488 e. The van der Waals surface area contributed by atoms with Crippen molar-refractivity contribution >= 4 is 33.0 Å². The van der Waals surface area contributed by atoms with Gasteiger partial charge in [-0.15, -0.1) is 11.3 Å². The van der Waals surface area contributed by atoms with Gasteiger partial charge < -0.3 is 19.6 Å². The lowest BCUT2D eigenvalue weighted by Crippen LogP contribution is -2.49. The Morgan fingerprint density at radius 3 is 2.71 bits per heavy atom. The first-order valence-electron chi connectivity index (χ1n) is 10.1. The van der Waals surface area contributed by atoms with Crippen LogP contribution in [0, 0.1) is 5.92 Å². The average molecular weight is 468 g/mol. The number of hydrogen-bond acceptors (Lipinski definition) is 7. The molecule has 1 amide bonds. The summed E-state index contributed by atoms with van der Waals surface area (Å²) in [6.07, 6.45) is -0.177. The molecule has 1 aliphatic heterocycles. The van der Waals surface area contributed by atoms with Crippen LogP contribution >= 0.6 is 11.3 Å². The second kappa shape index (κ2) is 9.56. The number of ether oxygens (including phenoxy) is 1. The van der Waals surface area contributed by atoms with Gasteiger partial charge in [-0.1, -0.05) is 13.0 Å². The second-order valence-electron chi connectivity index (χ2n) is 8.13. The van der Waals surface area contributed by atoms with Gasteiger partial charge in [0, 0.05) is 24.7 Å². The maximum Gasteiger partial charge on any atom is 0.271 e. The summed E-state index contributed by atoms with van der Waals surface area (Å²) in [5.74, 6) is 0.131. The molecule has 3 rings (SSSR count). The highest BCUT2D eigenvalue weighted by Gasteiger charge is 2.33. The third-order valence-electron chi connectivity index (χ3n) is 5.22. The van der Waals surface area contributed by atoms with Crippen LogP contribution in [0.4, 0.5) is 5.69 Å². The zero-order valence-electron chi connectivity index (χ0n) is 18.1. The van der Waals surface area contributed by atoms with Crippen LogP contribution in [0.3, 0.4) is 0 Å². The van der Waals surface area contributed by atoms with E-state index in [9.17, 15) is 18.3 Å². The van der Waals surface area contributed by atoms with E-state index in [-0.39, 0.29) is 46.0 Å². The molecule has 0 saturated carbocycles. The molecule has 0 aliphatic carbocycles. The number of sulfonamides is 1. The number of nitrogens with zero attached hydrogens (tertiary/aromatic N) is 2. The maximum absolute atomic E-state index is 13.4. The second-order valence-corrected chi connectivity index (χ2v) is 11.0. The number of hydrogen-bond donors (Lipinski definition) is 2. The predicted molar refractivity (Wildman–Crippen MR) is 121 cm³/mol. The van der Waals surface area contributed by atoms with Crippen LogP contribution in [0.1, 0.15) is 24.2 Å². The standard InChI is InChI=1S/C21H29N3O5S2/c1-14-11-24(15(2)13-25)21(26)17-10-16(22-31(27,28)20-6-5-9-30-20)7-8-18(17)29-19(14)12-23(3)4/h5-10,14-15,19,22,25H,11-13H2,1-4H3/t14-,15+,19+/m1/s1. The highest BCUT2D eigenvalue weighted by Crippen LogP contribution is 2.31. The summed E-state index contributed by atoms with van der Waals surface area (Å²) in [6.45, 7) is 4.72. The van der Waals surface area contributed by atoms with Gasteiger partial charge in [-0.25, -0.2) is 8.42 Å². The molecule has 0 unspecified atom stereocenters. The molecular weight excluding hydrogens is 438 g/mol. The van der Waals surface area contributed by atoms with E-state index in [0.717, 1.165) is 11.3 Å². The van der Waals surface area contributed by atoms with Gasteiger partial charge in [-0.3, -0.25) is 9.52 Å². The van der Waals surface area contributed by atoms with Gasteiger partial charge in [0.1, 0.15) is 16.1 Å². The number of benzene rings is 1. The molecule has 0 fully saturated rings. The Balaban J connectivity index is 2.00. The van der Waals surface area contributed by atoms with Crippen LogP contribution in [0.5, 0.6) is 5.75 Å². The van der Waals surface area contributed by atoms with Crippen LogP contribution in [-0.4, -0.2) is 75.2 Å². The van der Waals surface area contributed by atoms with E-state index in [0.29, 0.717) is 18.8 Å². The number of aliphatic hydroxyl groups is 1. The molecule has 3 atom stereocenters. The quantitative estimate of drug-likeness (QED) is 0.649. The molecule has 1 aliphatic rings. The number of carbonyl (C=O) groups excluding carboxylic acids is 1. The highest BCUT2D eigenvalue weighted by molar-refractivity contribution is 7.94. The summed E-state index contributed by atoms with van der Waals surface area (Å²) in [5, 5.41) is 11.4. The first-order valence-corrected chi connectivity index (χ1v) is 12.4. The SMILES string of the molecule is C[C@@H]1CN([C@@H](C)CO)C(=O)c2cc(NS(=O)(=O)c3cccs3)ccc2O[C@H]1CN(C)C. The van der Waals surface area contributed by atoms with Gasteiger partial charge in [0.05, 0.1) is 18.2 Å². The highest BCUT2D eigenvalue weighted by atomic mass is 32.2. The third-order valence-corrected chi connectivity index (χ3v) is 8.00. The van der Waals surface area contributed by atoms with E-state index in [1.807, 2.05) is 25.9 Å². The molecule has 2 N–H and O–H groups in total. The first kappa shape index (κ1) is 23.5. The fourth-order valence-electron chi connectivity index (χ4n) is 3.49. The molecule has 0 saturated heterocycles. The van der Waals surface area contributed by atoms with E-state index >= 15 is 0 Å². The Hall–Kier alpha value is -2.14. The van der Waals surface area contributed by atoms with Crippen molar-refractivity contribution in [3.05, 3.63) is 41.3 Å². The molecule has 0 spiro atoms. The summed E-state index contributed by atoms with van der Waals surface area (Å²) in [7, 11) is 0.168. The molecule has 8 nitrogen and oxygen atoms in total. The molecule has 1 aromatic heterocycles. The Kier molecular flexibility index (Phi) is 7.25. The van der Waals surface area contributed by atoms with Crippen molar-refractivity contribution < 1.29 is 23.1 Å². The van der Waals surface area contributed by atoms with Crippen molar-refractivity contribution in [3.8, 4) is 5.75 Å². The molecule has 1 aromatic carbocycles. The van der Waals surface area contributed by atoms with Crippen molar-refractivity contribution in [3.63, 3.8) is 0 Å². The van der Waals surface area contributed by atoms with Gasteiger partial charge in [0.2, 0.25) is 0 Å². The first-order chi connectivity index (χ1) is 14.6. The Labute approximate surface area is 187 Å². The van der Waals surface area contributed by atoms with Gasteiger partial charge in [-0.2, -0.15) is 0 Å². The lowest BCUT2D eigenvalue weighted by molar-refractivity contribution is 0.0363. The number of rotatable bonds is 7. The van der Waals surface area contributed by atoms with Crippen LogP contribution in [0.15, 0.2) is 39.9 Å². The van der Waals surface area contributed by atoms with Crippen molar-refractivity contribution in [1.82, 2.24) is 9.80 Å². The summed E-state index contributed by atoms with van der Waals surface area (Å²) in [4.78, 5) is 17.0. The molecule has 0 radical (unpaired) electrons. The fraction of sp³-hybridized carbons (Fsp3) is 0.476. The molecule has 2 aromatic rings. The van der Waals surface area contributed by atoms with Crippen LogP contribution in [-0.2, 0) is 10.0 Å². The maximum atomic E-state index is 13.4. The number of nitrogens with one attached hydrogen (secondary N) is 1. The van der Waals surface area contributed by atoms with Crippen molar-refractivity contribution in [2.24, 2.45) is 5.92 Å². The van der Waals surface area contributed by atoms with E-state index in [1.54, 1.807) is 35.4 Å². The average Bonchev–Trinajstić information content (AvgIpc) is 3.26. The number of thiophene rings is 1. The molecule has 31 heavy (non-hydrogen) atoms. The number of aliphatic hydroxyl groups excluding tert-OH is 1. The molecular formula is C21H29N3O5S2. The fourth-order valence-corrected chi connectivity index (χ4v) is 5.53. The van der Waals surface area contributed by atoms with Crippen LogP contribution < -0.4 is 9.46 Å². The van der Waals surface area contributed by atoms with E-state index in [1.165, 1.54) is 12.1 Å². The minimum absolute atomic E-state index is 0.0329. The monoisotopic (exact) mass is 467 g/mol. The number of anilines is 1. The minimum atomic E-state index is -3.74. The number of amides is 1.